The molecule has 2 aliphatic rings. The lowest BCUT2D eigenvalue weighted by Gasteiger charge is -2.37. The van der Waals surface area contributed by atoms with Gasteiger partial charge in [-0.2, -0.15) is 0 Å². The number of ketones is 2. The van der Waals surface area contributed by atoms with Crippen LogP contribution in [0.2, 0.25) is 0 Å². The molecule has 0 bridgehead atoms. The Morgan fingerprint density at radius 2 is 1.55 bits per heavy atom. The third kappa shape index (κ3) is 3.30. The van der Waals surface area contributed by atoms with Crippen LogP contribution in [0.3, 0.4) is 0 Å². The van der Waals surface area contributed by atoms with Crippen molar-refractivity contribution in [2.75, 3.05) is 32.8 Å². The van der Waals surface area contributed by atoms with Crippen LogP contribution in [0.4, 0.5) is 4.79 Å². The van der Waals surface area contributed by atoms with Crippen molar-refractivity contribution in [1.82, 2.24) is 9.80 Å². The molecule has 0 aromatic carbocycles. The molecule has 0 N–H and O–H groups in total. The van der Waals surface area contributed by atoms with Gasteiger partial charge in [0.2, 0.25) is 11.6 Å². The third-order valence-electron chi connectivity index (χ3n) is 3.34. The van der Waals surface area contributed by atoms with Gasteiger partial charge >= 0.3 is 6.09 Å². The summed E-state index contributed by atoms with van der Waals surface area (Å²) in [6, 6.07) is 0. The second kappa shape index (κ2) is 7.27. The lowest BCUT2D eigenvalue weighted by atomic mass is 10.1. The van der Waals surface area contributed by atoms with Gasteiger partial charge in [-0.05, 0) is 54.7 Å². The summed E-state index contributed by atoms with van der Waals surface area (Å²) in [6.07, 6.45) is -0.356. The number of rotatable bonds is 2. The van der Waals surface area contributed by atoms with E-state index < -0.39 is 0 Å². The Hall–Kier alpha value is -0.670. The molecule has 1 heterocycles. The lowest BCUT2D eigenvalue weighted by Crippen LogP contribution is -2.50. The third-order valence-corrected chi connectivity index (χ3v) is 6.12. The molecular weight excluding hydrogens is 488 g/mol. The molecule has 9 heteroatoms. The number of allylic oxidation sites excluding steroid dienone is 3. The molecule has 0 aromatic heterocycles. The number of nitrogens with zero attached hydrogens (tertiary/aromatic N) is 2. The number of hydrogen-bond donors (Lipinski definition) is 0. The van der Waals surface area contributed by atoms with E-state index in [0.717, 1.165) is 0 Å². The van der Waals surface area contributed by atoms with Crippen molar-refractivity contribution in [3.05, 3.63) is 19.1 Å². The topological polar surface area (TPSA) is 66.9 Å². The Labute approximate surface area is 152 Å². The second-order valence-electron chi connectivity index (χ2n) is 4.62. The highest BCUT2D eigenvalue weighted by atomic mass is 79.9. The summed E-state index contributed by atoms with van der Waals surface area (Å²) < 4.78 is 5.61. The van der Waals surface area contributed by atoms with Crippen molar-refractivity contribution in [3.63, 3.8) is 0 Å². The first-order valence-electron chi connectivity index (χ1n) is 6.59. The van der Waals surface area contributed by atoms with Gasteiger partial charge in [0.25, 0.3) is 0 Å². The quantitative estimate of drug-likeness (QED) is 0.545. The number of carbonyl (C=O) groups excluding carboxylic acids is 3. The molecule has 22 heavy (non-hydrogen) atoms. The summed E-state index contributed by atoms with van der Waals surface area (Å²) in [5, 5.41) is 0. The molecule has 1 fully saturated rings. The Kier molecular flexibility index (Phi) is 5.84. The zero-order valence-corrected chi connectivity index (χ0v) is 16.5. The van der Waals surface area contributed by atoms with Crippen LogP contribution < -0.4 is 0 Å². The van der Waals surface area contributed by atoms with Gasteiger partial charge in [0.05, 0.1) is 20.1 Å². The zero-order valence-electron chi connectivity index (χ0n) is 11.7. The predicted octanol–water partition coefficient (Wildman–Crippen LogP) is 2.52. The summed E-state index contributed by atoms with van der Waals surface area (Å²) in [7, 11) is 0. The fourth-order valence-electron chi connectivity index (χ4n) is 2.22. The van der Waals surface area contributed by atoms with Gasteiger partial charge in [-0.3, -0.25) is 9.59 Å². The van der Waals surface area contributed by atoms with E-state index in [1.807, 2.05) is 0 Å². The van der Waals surface area contributed by atoms with Gasteiger partial charge in [-0.25, -0.2) is 4.79 Å². The van der Waals surface area contributed by atoms with E-state index in [0.29, 0.717) is 38.5 Å². The molecule has 0 atom stereocenters. The average Bonchev–Trinajstić information content (AvgIpc) is 2.52. The molecule has 0 saturated carbocycles. The smallest absolute Gasteiger partial charge is 0.409 e. The van der Waals surface area contributed by atoms with Crippen molar-refractivity contribution in [3.8, 4) is 0 Å². The molecule has 1 amide bonds. The van der Waals surface area contributed by atoms with E-state index in [4.69, 9.17) is 4.74 Å². The van der Waals surface area contributed by atoms with E-state index >= 15 is 0 Å². The molecule has 1 aliphatic carbocycles. The van der Waals surface area contributed by atoms with Crippen LogP contribution in [0.15, 0.2) is 19.1 Å². The maximum absolute atomic E-state index is 12.4. The first-order valence-corrected chi connectivity index (χ1v) is 8.97. The Balaban J connectivity index is 2.13. The van der Waals surface area contributed by atoms with Crippen molar-refractivity contribution >= 4 is 65.4 Å². The fraction of sp³-hybridized carbons (Fsp3) is 0.462. The molecule has 0 spiro atoms. The van der Waals surface area contributed by atoms with Crippen LogP contribution >= 0.6 is 47.8 Å². The minimum Gasteiger partial charge on any atom is -0.450 e. The second-order valence-corrected chi connectivity index (χ2v) is 7.00. The summed E-state index contributed by atoms with van der Waals surface area (Å²) in [6.45, 7) is 3.87. The number of ether oxygens (including phenoxy) is 1. The highest BCUT2D eigenvalue weighted by Crippen LogP contribution is 2.35. The zero-order chi connectivity index (χ0) is 16.4. The normalized spacial score (nSPS) is 20.0. The number of piperazine rings is 1. The first kappa shape index (κ1) is 17.7. The fourth-order valence-corrected chi connectivity index (χ4v) is 3.86. The predicted molar refractivity (Wildman–Crippen MR) is 91.0 cm³/mol. The van der Waals surface area contributed by atoms with Gasteiger partial charge in [0.1, 0.15) is 5.70 Å². The van der Waals surface area contributed by atoms with Gasteiger partial charge < -0.3 is 14.5 Å². The van der Waals surface area contributed by atoms with Gasteiger partial charge in [0.15, 0.2) is 0 Å². The maximum atomic E-state index is 12.4. The largest absolute Gasteiger partial charge is 0.450 e. The minimum absolute atomic E-state index is 0.207. The van der Waals surface area contributed by atoms with Crippen LogP contribution in [0, 0.1) is 0 Å². The number of Topliss-reactive ketones (excluding diaryl/α,β-unsaturated/α-hetero) is 2. The van der Waals surface area contributed by atoms with Crippen molar-refractivity contribution in [2.45, 2.75) is 6.92 Å². The molecule has 6 nitrogen and oxygen atoms in total. The van der Waals surface area contributed by atoms with Crippen LogP contribution in [-0.2, 0) is 14.3 Å². The highest BCUT2D eigenvalue weighted by Gasteiger charge is 2.36. The molecule has 120 valence electrons. The molecule has 0 unspecified atom stereocenters. The van der Waals surface area contributed by atoms with Crippen LogP contribution in [0.25, 0.3) is 0 Å². The Morgan fingerprint density at radius 3 is 2.09 bits per heavy atom. The van der Waals surface area contributed by atoms with E-state index in [2.05, 4.69) is 47.8 Å². The summed E-state index contributed by atoms with van der Waals surface area (Å²) in [5.74, 6) is -0.544. The Bertz CT molecular complexity index is 592. The van der Waals surface area contributed by atoms with Gasteiger partial charge in [0, 0.05) is 26.2 Å². The number of carbonyl (C=O) groups is 3. The standard InChI is InChI=1S/C13H13Br3N2O4/c1-2-22-13(21)18-5-3-17(4-6-18)10-9(16)11(19)7(14)8(15)12(10)20/h2-6H2,1H3. The number of hydrogen-bond acceptors (Lipinski definition) is 5. The van der Waals surface area contributed by atoms with Crippen molar-refractivity contribution in [1.29, 1.82) is 0 Å². The van der Waals surface area contributed by atoms with Crippen LogP contribution in [0.5, 0.6) is 0 Å². The lowest BCUT2D eigenvalue weighted by molar-refractivity contribution is -0.116. The van der Waals surface area contributed by atoms with Gasteiger partial charge in [-0.15, -0.1) is 0 Å². The SMILES string of the molecule is CCOC(=O)N1CCN(C2=C(Br)C(=O)C(Br)=C(Br)C2=O)CC1. The van der Waals surface area contributed by atoms with E-state index in [1.165, 1.54) is 0 Å². The minimum atomic E-state index is -0.356. The number of amides is 1. The maximum Gasteiger partial charge on any atom is 0.409 e. The van der Waals surface area contributed by atoms with Crippen molar-refractivity contribution < 1.29 is 19.1 Å². The number of halogens is 3. The molecule has 2 rings (SSSR count). The molecule has 1 saturated heterocycles. The van der Waals surface area contributed by atoms with Crippen LogP contribution in [0.1, 0.15) is 6.92 Å². The Morgan fingerprint density at radius 1 is 1.00 bits per heavy atom. The molecule has 1 aliphatic heterocycles. The molecular formula is C13H13Br3N2O4. The summed E-state index contributed by atoms with van der Waals surface area (Å²) >= 11 is 9.46. The van der Waals surface area contributed by atoms with E-state index in [9.17, 15) is 14.4 Å². The van der Waals surface area contributed by atoms with Gasteiger partial charge in [-0.1, -0.05) is 0 Å². The first-order chi connectivity index (χ1) is 10.4. The van der Waals surface area contributed by atoms with E-state index in [1.54, 1.807) is 16.7 Å². The average molecular weight is 501 g/mol. The summed E-state index contributed by atoms with van der Waals surface area (Å²) in [4.78, 5) is 39.5. The highest BCUT2D eigenvalue weighted by molar-refractivity contribution is 9.15. The monoisotopic (exact) mass is 498 g/mol. The molecule has 0 aromatic rings. The molecule has 0 radical (unpaired) electrons. The van der Waals surface area contributed by atoms with Crippen LogP contribution in [-0.4, -0.2) is 60.2 Å². The van der Waals surface area contributed by atoms with Crippen molar-refractivity contribution in [2.24, 2.45) is 0 Å². The van der Waals surface area contributed by atoms with E-state index in [-0.39, 0.29) is 31.1 Å². The summed E-state index contributed by atoms with van der Waals surface area (Å²) in [5.41, 5.74) is 0.323.